The van der Waals surface area contributed by atoms with E-state index in [1.165, 1.54) is 12.4 Å². The van der Waals surface area contributed by atoms with Gasteiger partial charge in [0.2, 0.25) is 5.91 Å². The lowest BCUT2D eigenvalue weighted by atomic mass is 10.1. The van der Waals surface area contributed by atoms with Crippen LogP contribution in [-0.2, 0) is 41.8 Å². The van der Waals surface area contributed by atoms with E-state index in [-0.39, 0.29) is 17.7 Å². The van der Waals surface area contributed by atoms with Crippen LogP contribution in [0, 0.1) is 0 Å². The highest BCUT2D eigenvalue weighted by Crippen LogP contribution is 2.35. The smallest absolute Gasteiger partial charge is 0.350 e. The van der Waals surface area contributed by atoms with Gasteiger partial charge in [0.1, 0.15) is 19.9 Å². The number of alkyl halides is 6. The number of ether oxygens (including phenoxy) is 1. The van der Waals surface area contributed by atoms with Crippen molar-refractivity contribution in [1.29, 1.82) is 0 Å². The highest BCUT2D eigenvalue weighted by molar-refractivity contribution is 5.90. The molecule has 2 aromatic rings. The Balaban J connectivity index is 1.65. The average molecular weight is 439 g/mol. The molecule has 0 saturated carbocycles. The summed E-state index contributed by atoms with van der Waals surface area (Å²) < 4.78 is 82.7. The van der Waals surface area contributed by atoms with Gasteiger partial charge in [0.15, 0.2) is 5.69 Å². The average Bonchev–Trinajstić information content (AvgIpc) is 3.10. The van der Waals surface area contributed by atoms with E-state index in [4.69, 9.17) is 0 Å². The van der Waals surface area contributed by atoms with Gasteiger partial charge in [0, 0.05) is 11.3 Å². The number of hydrogen-bond acceptors (Lipinski definition) is 4. The second kappa shape index (κ2) is 8.66. The Bertz CT molecular complexity index is 886. The number of anilines is 1. The van der Waals surface area contributed by atoms with Gasteiger partial charge in [-0.15, -0.1) is 0 Å². The van der Waals surface area contributed by atoms with Gasteiger partial charge in [-0.1, -0.05) is 6.42 Å². The minimum absolute atomic E-state index is 0.141. The van der Waals surface area contributed by atoms with Gasteiger partial charge in [-0.25, -0.2) is 4.68 Å². The third-order valence-corrected chi connectivity index (χ3v) is 4.48. The zero-order valence-electron chi connectivity index (χ0n) is 15.7. The van der Waals surface area contributed by atoms with Crippen LogP contribution >= 0.6 is 0 Å². The topological polar surface area (TPSA) is 74.0 Å². The first-order valence-corrected chi connectivity index (χ1v) is 9.15. The molecule has 0 saturated heterocycles. The Kier molecular flexibility index (Phi) is 6.38. The highest BCUT2D eigenvalue weighted by atomic mass is 19.4. The molecule has 0 fully saturated rings. The fraction of sp³-hybridized carbons (Fsp3) is 0.588. The van der Waals surface area contributed by atoms with Crippen molar-refractivity contribution in [2.75, 3.05) is 11.9 Å². The molecule has 3 rings (SSSR count). The number of fused-ring (bicyclic) bond motifs is 1. The molecule has 0 bridgehead atoms. The molecule has 2 heterocycles. The Morgan fingerprint density at radius 3 is 2.57 bits per heavy atom. The molecule has 0 atom stereocenters. The predicted molar refractivity (Wildman–Crippen MR) is 91.4 cm³/mol. The molecular weight excluding hydrogens is 420 g/mol. The zero-order valence-corrected chi connectivity index (χ0v) is 15.7. The molecule has 1 N–H and O–H groups in total. The number of rotatable bonds is 6. The van der Waals surface area contributed by atoms with Crippen LogP contribution in [0.25, 0.3) is 0 Å². The maximum Gasteiger partial charge on any atom is 0.435 e. The number of amides is 1. The molecule has 2 aromatic heterocycles. The van der Waals surface area contributed by atoms with Crippen LogP contribution < -0.4 is 5.32 Å². The summed E-state index contributed by atoms with van der Waals surface area (Å²) in [5.74, 6) is -0.631. The van der Waals surface area contributed by atoms with Crippen molar-refractivity contribution in [3.05, 3.63) is 29.3 Å². The number of halogens is 6. The van der Waals surface area contributed by atoms with Gasteiger partial charge in [0.25, 0.3) is 0 Å². The highest BCUT2D eigenvalue weighted by Gasteiger charge is 2.39. The fourth-order valence-electron chi connectivity index (χ4n) is 3.30. The van der Waals surface area contributed by atoms with Crippen molar-refractivity contribution >= 4 is 11.6 Å². The van der Waals surface area contributed by atoms with Crippen LogP contribution in [-0.4, -0.2) is 38.3 Å². The summed E-state index contributed by atoms with van der Waals surface area (Å²) >= 11 is 0. The lowest BCUT2D eigenvalue weighted by Crippen LogP contribution is -2.21. The monoisotopic (exact) mass is 439 g/mol. The molecule has 1 aliphatic rings. The molecular formula is C17H19F6N5O2. The van der Waals surface area contributed by atoms with Gasteiger partial charge < -0.3 is 10.1 Å². The van der Waals surface area contributed by atoms with Gasteiger partial charge in [-0.05, 0) is 25.7 Å². The molecule has 166 valence electrons. The second-order valence-corrected chi connectivity index (χ2v) is 6.90. The maximum absolute atomic E-state index is 13.3. The molecule has 0 spiro atoms. The Morgan fingerprint density at radius 1 is 1.13 bits per heavy atom. The summed E-state index contributed by atoms with van der Waals surface area (Å²) in [7, 11) is 0. The quantitative estimate of drug-likeness (QED) is 0.552. The van der Waals surface area contributed by atoms with E-state index < -0.39 is 43.8 Å². The standard InChI is InChI=1S/C17H19F6N5O2/c18-16(19,20)9-30-10-27-7-11(6-24-27)25-14(29)8-28-13-5-3-1-2-4-12(13)15(26-28)17(21,22)23/h6-7H,1-5,8-10H2,(H,25,29). The summed E-state index contributed by atoms with van der Waals surface area (Å²) in [4.78, 5) is 12.3. The first-order valence-electron chi connectivity index (χ1n) is 9.15. The minimum atomic E-state index is -4.60. The third-order valence-electron chi connectivity index (χ3n) is 4.48. The lowest BCUT2D eigenvalue weighted by molar-refractivity contribution is -0.182. The van der Waals surface area contributed by atoms with Gasteiger partial charge in [0.05, 0.1) is 18.1 Å². The zero-order chi connectivity index (χ0) is 21.9. The van der Waals surface area contributed by atoms with Crippen molar-refractivity contribution in [3.8, 4) is 0 Å². The van der Waals surface area contributed by atoms with Crippen molar-refractivity contribution in [3.63, 3.8) is 0 Å². The number of nitrogens with one attached hydrogen (secondary N) is 1. The van der Waals surface area contributed by atoms with Crippen LogP contribution in [0.3, 0.4) is 0 Å². The molecule has 1 amide bonds. The SMILES string of the molecule is O=C(Cn1nc(C(F)(F)F)c2c1CCCCC2)Nc1cnn(COCC(F)(F)F)c1. The fourth-order valence-corrected chi connectivity index (χ4v) is 3.30. The number of aromatic nitrogens is 4. The summed E-state index contributed by atoms with van der Waals surface area (Å²) in [6.45, 7) is -2.34. The first-order chi connectivity index (χ1) is 14.0. The van der Waals surface area contributed by atoms with E-state index in [2.05, 4.69) is 20.3 Å². The van der Waals surface area contributed by atoms with Gasteiger partial charge in [-0.3, -0.25) is 9.48 Å². The molecule has 0 aromatic carbocycles. The van der Waals surface area contributed by atoms with E-state index in [0.717, 1.165) is 15.8 Å². The molecule has 0 aliphatic heterocycles. The lowest BCUT2D eigenvalue weighted by Gasteiger charge is -2.08. The molecule has 13 heteroatoms. The maximum atomic E-state index is 13.3. The summed E-state index contributed by atoms with van der Waals surface area (Å²) in [6, 6.07) is 0. The molecule has 0 radical (unpaired) electrons. The third kappa shape index (κ3) is 5.74. The Morgan fingerprint density at radius 2 is 1.87 bits per heavy atom. The van der Waals surface area contributed by atoms with E-state index in [9.17, 15) is 31.1 Å². The molecule has 7 nitrogen and oxygen atoms in total. The Labute approximate surface area is 167 Å². The summed E-state index contributed by atoms with van der Waals surface area (Å²) in [5, 5.41) is 9.84. The largest absolute Gasteiger partial charge is 0.435 e. The van der Waals surface area contributed by atoms with E-state index in [1.54, 1.807) is 0 Å². The Hall–Kier alpha value is -2.57. The second-order valence-electron chi connectivity index (χ2n) is 6.90. The number of hydrogen-bond donors (Lipinski definition) is 1. The number of carbonyl (C=O) groups is 1. The molecule has 30 heavy (non-hydrogen) atoms. The van der Waals surface area contributed by atoms with E-state index >= 15 is 0 Å². The van der Waals surface area contributed by atoms with Crippen molar-refractivity contribution in [2.45, 2.75) is 57.7 Å². The van der Waals surface area contributed by atoms with Crippen molar-refractivity contribution in [1.82, 2.24) is 19.6 Å². The van der Waals surface area contributed by atoms with Crippen LogP contribution in [0.4, 0.5) is 32.0 Å². The van der Waals surface area contributed by atoms with E-state index in [1.807, 2.05) is 0 Å². The molecule has 0 unspecified atom stereocenters. The van der Waals surface area contributed by atoms with E-state index in [0.29, 0.717) is 25.0 Å². The van der Waals surface area contributed by atoms with Crippen LogP contribution in [0.5, 0.6) is 0 Å². The van der Waals surface area contributed by atoms with Gasteiger partial charge >= 0.3 is 12.4 Å². The van der Waals surface area contributed by atoms with Gasteiger partial charge in [-0.2, -0.15) is 36.5 Å². The van der Waals surface area contributed by atoms with Crippen LogP contribution in [0.15, 0.2) is 12.4 Å². The molecule has 1 aliphatic carbocycles. The minimum Gasteiger partial charge on any atom is -0.350 e. The summed E-state index contributed by atoms with van der Waals surface area (Å²) in [5.41, 5.74) is -0.236. The number of carbonyl (C=O) groups excluding carboxylic acids is 1. The normalized spacial score (nSPS) is 15.0. The predicted octanol–water partition coefficient (Wildman–Crippen LogP) is 3.54. The van der Waals surface area contributed by atoms with Crippen molar-refractivity contribution < 1.29 is 35.9 Å². The van der Waals surface area contributed by atoms with Crippen molar-refractivity contribution in [2.24, 2.45) is 0 Å². The van der Waals surface area contributed by atoms with Crippen LogP contribution in [0.2, 0.25) is 0 Å². The van der Waals surface area contributed by atoms with Crippen LogP contribution in [0.1, 0.15) is 36.2 Å². The summed E-state index contributed by atoms with van der Waals surface area (Å²) in [6.07, 6.45) is -3.83. The number of nitrogens with zero attached hydrogens (tertiary/aromatic N) is 4. The first kappa shape index (κ1) is 22.1.